The Labute approximate surface area is 147 Å². The van der Waals surface area contributed by atoms with E-state index in [0.717, 1.165) is 48.2 Å². The number of hydrogen-bond acceptors (Lipinski definition) is 3. The number of imidazole rings is 1. The van der Waals surface area contributed by atoms with E-state index < -0.39 is 0 Å². The lowest BCUT2D eigenvalue weighted by molar-refractivity contribution is -0.132. The highest BCUT2D eigenvalue weighted by molar-refractivity contribution is 5.87. The van der Waals surface area contributed by atoms with Gasteiger partial charge in [0.25, 0.3) is 0 Å². The summed E-state index contributed by atoms with van der Waals surface area (Å²) in [4.78, 5) is 23.7. The summed E-state index contributed by atoms with van der Waals surface area (Å²) < 4.78 is 2.19. The quantitative estimate of drug-likeness (QED) is 0.739. The van der Waals surface area contributed by atoms with Gasteiger partial charge in [0.05, 0.1) is 18.0 Å². The van der Waals surface area contributed by atoms with E-state index in [-0.39, 0.29) is 5.91 Å². The molecule has 3 aromatic rings. The van der Waals surface area contributed by atoms with E-state index >= 15 is 0 Å². The van der Waals surface area contributed by atoms with Crippen LogP contribution >= 0.6 is 0 Å². The molecule has 1 fully saturated rings. The second-order valence-corrected chi connectivity index (χ2v) is 6.69. The Morgan fingerprint density at radius 3 is 2.92 bits per heavy atom. The van der Waals surface area contributed by atoms with Gasteiger partial charge in [0, 0.05) is 37.1 Å². The molecule has 25 heavy (non-hydrogen) atoms. The van der Waals surface area contributed by atoms with Crippen LogP contribution in [0, 0.1) is 6.92 Å². The van der Waals surface area contributed by atoms with Crippen LogP contribution < -0.4 is 0 Å². The van der Waals surface area contributed by atoms with Gasteiger partial charge in [0.1, 0.15) is 5.82 Å². The molecule has 0 aliphatic carbocycles. The minimum Gasteiger partial charge on any atom is -0.340 e. The number of nitrogens with zero attached hydrogens (tertiary/aromatic N) is 4. The lowest BCUT2D eigenvalue weighted by Gasteiger charge is -2.34. The third-order valence-electron chi connectivity index (χ3n) is 5.06. The fourth-order valence-corrected chi connectivity index (χ4v) is 3.77. The first kappa shape index (κ1) is 15.8. The van der Waals surface area contributed by atoms with Crippen molar-refractivity contribution in [3.8, 4) is 0 Å². The van der Waals surface area contributed by atoms with Crippen LogP contribution in [-0.4, -0.2) is 38.4 Å². The number of carbonyl (C=O) groups excluding carboxylic acids is 1. The van der Waals surface area contributed by atoms with E-state index in [4.69, 9.17) is 0 Å². The first-order chi connectivity index (χ1) is 12.2. The fraction of sp³-hybridized carbons (Fsp3) is 0.350. The molecule has 1 aromatic carbocycles. The second-order valence-electron chi connectivity index (χ2n) is 6.69. The highest BCUT2D eigenvalue weighted by atomic mass is 16.2. The molecule has 4 rings (SSSR count). The Bertz CT molecular complexity index is 896. The molecule has 0 bridgehead atoms. The van der Waals surface area contributed by atoms with Gasteiger partial charge < -0.3 is 9.47 Å². The third-order valence-corrected chi connectivity index (χ3v) is 5.06. The van der Waals surface area contributed by atoms with Crippen molar-refractivity contribution < 1.29 is 4.79 Å². The molecule has 5 heteroatoms. The smallest absolute Gasteiger partial charge is 0.227 e. The van der Waals surface area contributed by atoms with Crippen LogP contribution in [0.25, 0.3) is 10.9 Å². The average molecular weight is 334 g/mol. The van der Waals surface area contributed by atoms with Crippen LogP contribution in [-0.2, 0) is 11.2 Å². The summed E-state index contributed by atoms with van der Waals surface area (Å²) in [6.07, 6.45) is 8.16. The molecule has 0 spiro atoms. The van der Waals surface area contributed by atoms with Gasteiger partial charge in [-0.15, -0.1) is 0 Å². The molecule has 1 aliphatic rings. The highest BCUT2D eigenvalue weighted by Crippen LogP contribution is 2.24. The van der Waals surface area contributed by atoms with Gasteiger partial charge in [-0.25, -0.2) is 4.98 Å². The third kappa shape index (κ3) is 3.14. The van der Waals surface area contributed by atoms with E-state index in [9.17, 15) is 4.79 Å². The summed E-state index contributed by atoms with van der Waals surface area (Å²) in [6.45, 7) is 3.61. The molecule has 1 saturated heterocycles. The fourth-order valence-electron chi connectivity index (χ4n) is 3.77. The van der Waals surface area contributed by atoms with Crippen molar-refractivity contribution in [1.29, 1.82) is 0 Å². The summed E-state index contributed by atoms with van der Waals surface area (Å²) in [6, 6.07) is 10.3. The zero-order valence-electron chi connectivity index (χ0n) is 14.4. The molecular formula is C20H22N4O. The second kappa shape index (κ2) is 6.67. The van der Waals surface area contributed by atoms with Crippen LogP contribution in [0.15, 0.2) is 48.9 Å². The number of likely N-dealkylation sites (tertiary alicyclic amines) is 1. The van der Waals surface area contributed by atoms with Crippen LogP contribution in [0.5, 0.6) is 0 Å². The van der Waals surface area contributed by atoms with Crippen molar-refractivity contribution in [3.05, 3.63) is 60.3 Å². The molecule has 128 valence electrons. The molecule has 3 heterocycles. The van der Waals surface area contributed by atoms with Gasteiger partial charge in [-0.05, 0) is 31.4 Å². The molecule has 1 amide bonds. The van der Waals surface area contributed by atoms with E-state index in [0.29, 0.717) is 12.5 Å². The summed E-state index contributed by atoms with van der Waals surface area (Å²) in [5.74, 6) is 1.19. The number of rotatable bonds is 3. The van der Waals surface area contributed by atoms with E-state index in [1.54, 1.807) is 6.20 Å². The maximum absolute atomic E-state index is 12.9. The van der Waals surface area contributed by atoms with E-state index in [2.05, 4.69) is 14.5 Å². The Morgan fingerprint density at radius 2 is 2.08 bits per heavy atom. The zero-order valence-corrected chi connectivity index (χ0v) is 14.4. The molecule has 0 radical (unpaired) electrons. The predicted molar refractivity (Wildman–Crippen MR) is 97.3 cm³/mol. The Balaban J connectivity index is 1.51. The number of aromatic nitrogens is 3. The van der Waals surface area contributed by atoms with Gasteiger partial charge in [-0.3, -0.25) is 9.78 Å². The molecule has 0 N–H and O–H groups in total. The van der Waals surface area contributed by atoms with Gasteiger partial charge in [-0.2, -0.15) is 0 Å². The van der Waals surface area contributed by atoms with Crippen LogP contribution in [0.2, 0.25) is 0 Å². The largest absolute Gasteiger partial charge is 0.340 e. The summed E-state index contributed by atoms with van der Waals surface area (Å²) in [5.41, 5.74) is 1.93. The summed E-state index contributed by atoms with van der Waals surface area (Å²) in [7, 11) is 0. The Hall–Kier alpha value is -2.69. The van der Waals surface area contributed by atoms with Crippen molar-refractivity contribution in [1.82, 2.24) is 19.4 Å². The zero-order chi connectivity index (χ0) is 17.2. The number of carbonyl (C=O) groups is 1. The Morgan fingerprint density at radius 1 is 1.20 bits per heavy atom. The van der Waals surface area contributed by atoms with Crippen molar-refractivity contribution in [2.75, 3.05) is 13.1 Å². The van der Waals surface area contributed by atoms with Crippen LogP contribution in [0.3, 0.4) is 0 Å². The van der Waals surface area contributed by atoms with Crippen molar-refractivity contribution in [2.45, 2.75) is 32.2 Å². The molecule has 5 nitrogen and oxygen atoms in total. The first-order valence-electron chi connectivity index (χ1n) is 8.82. The van der Waals surface area contributed by atoms with E-state index in [1.165, 1.54) is 0 Å². The number of amides is 1. The van der Waals surface area contributed by atoms with Crippen molar-refractivity contribution in [2.24, 2.45) is 0 Å². The number of fused-ring (bicyclic) bond motifs is 1. The SMILES string of the molecule is Cc1nccn1[C@H]1CCCN(C(=O)Cc2cccc3cccnc23)C1. The normalized spacial score (nSPS) is 17.8. The monoisotopic (exact) mass is 334 g/mol. The molecule has 2 aromatic heterocycles. The molecular weight excluding hydrogens is 312 g/mol. The van der Waals surface area contributed by atoms with Gasteiger partial charge >= 0.3 is 0 Å². The van der Waals surface area contributed by atoms with Gasteiger partial charge in [0.2, 0.25) is 5.91 Å². The topological polar surface area (TPSA) is 51.0 Å². The number of pyridine rings is 1. The lowest BCUT2D eigenvalue weighted by atomic mass is 10.0. The predicted octanol–water partition coefficient (Wildman–Crippen LogP) is 3.15. The molecule has 0 unspecified atom stereocenters. The number of benzene rings is 1. The molecule has 1 aliphatic heterocycles. The van der Waals surface area contributed by atoms with Gasteiger partial charge in [0.15, 0.2) is 0 Å². The van der Waals surface area contributed by atoms with Gasteiger partial charge in [-0.1, -0.05) is 24.3 Å². The number of hydrogen-bond donors (Lipinski definition) is 0. The average Bonchev–Trinajstić information content (AvgIpc) is 3.08. The lowest BCUT2D eigenvalue weighted by Crippen LogP contribution is -2.41. The minimum atomic E-state index is 0.181. The first-order valence-corrected chi connectivity index (χ1v) is 8.82. The number of para-hydroxylation sites is 1. The van der Waals surface area contributed by atoms with Crippen molar-refractivity contribution >= 4 is 16.8 Å². The summed E-state index contributed by atoms with van der Waals surface area (Å²) in [5, 5.41) is 1.08. The highest BCUT2D eigenvalue weighted by Gasteiger charge is 2.25. The molecule has 0 saturated carbocycles. The molecule has 1 atom stereocenters. The number of aryl methyl sites for hydroxylation is 1. The van der Waals surface area contributed by atoms with Crippen LogP contribution in [0.4, 0.5) is 0 Å². The Kier molecular flexibility index (Phi) is 4.22. The number of piperidine rings is 1. The summed E-state index contributed by atoms with van der Waals surface area (Å²) >= 11 is 0. The minimum absolute atomic E-state index is 0.181. The van der Waals surface area contributed by atoms with E-state index in [1.807, 2.05) is 54.5 Å². The maximum Gasteiger partial charge on any atom is 0.227 e. The van der Waals surface area contributed by atoms with Crippen molar-refractivity contribution in [3.63, 3.8) is 0 Å². The van der Waals surface area contributed by atoms with Crippen LogP contribution in [0.1, 0.15) is 30.3 Å². The standard InChI is InChI=1S/C20H22N4O/c1-15-21-10-12-24(15)18-8-4-11-23(14-18)19(25)13-17-6-2-5-16-7-3-9-22-20(16)17/h2-3,5-7,9-10,12,18H,4,8,11,13-14H2,1H3/t18-/m0/s1. The maximum atomic E-state index is 12.9.